The summed E-state index contributed by atoms with van der Waals surface area (Å²) in [4.78, 5) is 25.8. The molecule has 1 aliphatic rings. The highest BCUT2D eigenvalue weighted by Crippen LogP contribution is 2.21. The van der Waals surface area contributed by atoms with E-state index in [0.29, 0.717) is 31.5 Å². The van der Waals surface area contributed by atoms with Crippen molar-refractivity contribution in [1.29, 1.82) is 0 Å². The van der Waals surface area contributed by atoms with E-state index >= 15 is 0 Å². The topological polar surface area (TPSA) is 81.2 Å². The lowest BCUT2D eigenvalue weighted by atomic mass is 9.96. The zero-order valence-electron chi connectivity index (χ0n) is 14.0. The molecule has 6 nitrogen and oxygen atoms in total. The molecule has 2 aromatic rings. The molecule has 3 rings (SSSR count). The molecule has 0 atom stereocenters. The van der Waals surface area contributed by atoms with Gasteiger partial charge in [-0.05, 0) is 38.8 Å². The first-order valence-corrected chi connectivity index (χ1v) is 8.17. The Morgan fingerprint density at radius 3 is 2.33 bits per heavy atom. The van der Waals surface area contributed by atoms with Crippen LogP contribution in [0.3, 0.4) is 0 Å². The van der Waals surface area contributed by atoms with E-state index in [9.17, 15) is 9.59 Å². The summed E-state index contributed by atoms with van der Waals surface area (Å²) in [7, 11) is 0. The fraction of sp³-hybridized carbons (Fsp3) is 0.389. The van der Waals surface area contributed by atoms with Crippen LogP contribution < -0.4 is 5.73 Å². The first-order chi connectivity index (χ1) is 11.5. The van der Waals surface area contributed by atoms with Crippen molar-refractivity contribution in [2.75, 3.05) is 13.1 Å². The minimum absolute atomic E-state index is 0.0335. The summed E-state index contributed by atoms with van der Waals surface area (Å²) in [5.74, 6) is -0.426. The van der Waals surface area contributed by atoms with Gasteiger partial charge in [0.1, 0.15) is 0 Å². The molecular formula is C18H22N4O2. The van der Waals surface area contributed by atoms with Gasteiger partial charge in [-0.2, -0.15) is 5.10 Å². The number of piperidine rings is 1. The maximum atomic E-state index is 12.8. The van der Waals surface area contributed by atoms with Gasteiger partial charge in [-0.3, -0.25) is 9.59 Å². The summed E-state index contributed by atoms with van der Waals surface area (Å²) in [5, 5.41) is 4.37. The minimum atomic E-state index is -0.273. The molecule has 24 heavy (non-hydrogen) atoms. The van der Waals surface area contributed by atoms with Crippen LogP contribution in [0.25, 0.3) is 5.69 Å². The maximum absolute atomic E-state index is 12.8. The maximum Gasteiger partial charge on any atom is 0.257 e. The lowest BCUT2D eigenvalue weighted by Gasteiger charge is -2.30. The predicted octanol–water partition coefficient (Wildman–Crippen LogP) is 1.83. The van der Waals surface area contributed by atoms with E-state index in [0.717, 1.165) is 11.4 Å². The average Bonchev–Trinajstić information content (AvgIpc) is 2.96. The molecule has 0 radical (unpaired) electrons. The first-order valence-electron chi connectivity index (χ1n) is 8.17. The van der Waals surface area contributed by atoms with Crippen LogP contribution in [0, 0.1) is 19.8 Å². The molecule has 0 aliphatic carbocycles. The zero-order valence-corrected chi connectivity index (χ0v) is 14.0. The average molecular weight is 326 g/mol. The number of nitrogens with zero attached hydrogens (tertiary/aromatic N) is 3. The minimum Gasteiger partial charge on any atom is -0.369 e. The number of benzene rings is 1. The van der Waals surface area contributed by atoms with Crippen molar-refractivity contribution >= 4 is 11.8 Å². The van der Waals surface area contributed by atoms with E-state index in [2.05, 4.69) is 5.10 Å². The molecule has 1 fully saturated rings. The second-order valence-corrected chi connectivity index (χ2v) is 6.36. The normalized spacial score (nSPS) is 15.5. The van der Waals surface area contributed by atoms with Crippen molar-refractivity contribution in [3.8, 4) is 5.69 Å². The van der Waals surface area contributed by atoms with Gasteiger partial charge < -0.3 is 10.6 Å². The molecule has 1 aromatic carbocycles. The van der Waals surface area contributed by atoms with Crippen LogP contribution in [-0.2, 0) is 4.79 Å². The van der Waals surface area contributed by atoms with Gasteiger partial charge in [0.05, 0.1) is 23.1 Å². The van der Waals surface area contributed by atoms with Crippen molar-refractivity contribution in [2.24, 2.45) is 11.7 Å². The third kappa shape index (κ3) is 3.04. The molecule has 2 N–H and O–H groups in total. The predicted molar refractivity (Wildman–Crippen MR) is 90.9 cm³/mol. The second kappa shape index (κ2) is 6.47. The summed E-state index contributed by atoms with van der Waals surface area (Å²) in [5.41, 5.74) is 8.88. The molecule has 2 amide bonds. The molecule has 0 bridgehead atoms. The van der Waals surface area contributed by atoms with Gasteiger partial charge in [0.2, 0.25) is 5.91 Å². The van der Waals surface area contributed by atoms with E-state index in [4.69, 9.17) is 5.73 Å². The number of hydrogen-bond donors (Lipinski definition) is 1. The number of amides is 2. The Balaban J connectivity index is 1.77. The highest BCUT2D eigenvalue weighted by Gasteiger charge is 2.28. The fourth-order valence-corrected chi connectivity index (χ4v) is 3.10. The Morgan fingerprint density at radius 2 is 1.75 bits per heavy atom. The van der Waals surface area contributed by atoms with Gasteiger partial charge in [-0.15, -0.1) is 0 Å². The van der Waals surface area contributed by atoms with Crippen molar-refractivity contribution in [1.82, 2.24) is 14.7 Å². The van der Waals surface area contributed by atoms with Crippen molar-refractivity contribution in [3.05, 3.63) is 47.3 Å². The summed E-state index contributed by atoms with van der Waals surface area (Å²) in [6.07, 6.45) is 2.89. The second-order valence-electron chi connectivity index (χ2n) is 6.36. The molecular weight excluding hydrogens is 304 g/mol. The molecule has 1 aromatic heterocycles. The molecule has 6 heteroatoms. The Kier molecular flexibility index (Phi) is 4.38. The Bertz CT molecular complexity index is 756. The lowest BCUT2D eigenvalue weighted by Crippen LogP contribution is -2.41. The van der Waals surface area contributed by atoms with E-state index in [1.807, 2.05) is 38.1 Å². The summed E-state index contributed by atoms with van der Waals surface area (Å²) >= 11 is 0. The quantitative estimate of drug-likeness (QED) is 0.934. The Hall–Kier alpha value is -2.63. The first kappa shape index (κ1) is 16.2. The third-order valence-corrected chi connectivity index (χ3v) is 4.70. The number of hydrogen-bond acceptors (Lipinski definition) is 3. The molecule has 0 unspecified atom stereocenters. The van der Waals surface area contributed by atoms with Gasteiger partial charge in [0.25, 0.3) is 5.91 Å². The SMILES string of the molecule is Cc1ccc(-n2ncc(C(=O)N3CCC(C(N)=O)CC3)c2C)cc1. The number of nitrogens with two attached hydrogens (primary N) is 1. The zero-order chi connectivity index (χ0) is 17.3. The van der Waals surface area contributed by atoms with E-state index < -0.39 is 0 Å². The van der Waals surface area contributed by atoms with E-state index in [-0.39, 0.29) is 17.7 Å². The number of carbonyl (C=O) groups is 2. The number of likely N-dealkylation sites (tertiary alicyclic amines) is 1. The standard InChI is InChI=1S/C18H22N4O2/c1-12-3-5-15(6-4-12)22-13(2)16(11-20-22)18(24)21-9-7-14(8-10-21)17(19)23/h3-6,11,14H,7-10H2,1-2H3,(H2,19,23). The number of aromatic nitrogens is 2. The van der Waals surface area contributed by atoms with Crippen molar-refractivity contribution < 1.29 is 9.59 Å². The van der Waals surface area contributed by atoms with Crippen LogP contribution in [-0.4, -0.2) is 39.6 Å². The summed E-state index contributed by atoms with van der Waals surface area (Å²) in [6, 6.07) is 8.02. The fourth-order valence-electron chi connectivity index (χ4n) is 3.10. The highest BCUT2D eigenvalue weighted by molar-refractivity contribution is 5.95. The van der Waals surface area contributed by atoms with Crippen LogP contribution >= 0.6 is 0 Å². The monoisotopic (exact) mass is 326 g/mol. The number of carbonyl (C=O) groups excluding carboxylic acids is 2. The molecule has 0 spiro atoms. The Morgan fingerprint density at radius 1 is 1.12 bits per heavy atom. The smallest absolute Gasteiger partial charge is 0.257 e. The lowest BCUT2D eigenvalue weighted by molar-refractivity contribution is -0.123. The molecule has 1 aliphatic heterocycles. The van der Waals surface area contributed by atoms with Crippen LogP contribution in [0.5, 0.6) is 0 Å². The molecule has 126 valence electrons. The summed E-state index contributed by atoms with van der Waals surface area (Å²) in [6.45, 7) is 5.05. The summed E-state index contributed by atoms with van der Waals surface area (Å²) < 4.78 is 1.78. The van der Waals surface area contributed by atoms with Crippen LogP contribution in [0.1, 0.15) is 34.5 Å². The van der Waals surface area contributed by atoms with Gasteiger partial charge in [-0.25, -0.2) is 4.68 Å². The van der Waals surface area contributed by atoms with Crippen LogP contribution in [0.2, 0.25) is 0 Å². The highest BCUT2D eigenvalue weighted by atomic mass is 16.2. The van der Waals surface area contributed by atoms with Gasteiger partial charge in [0, 0.05) is 19.0 Å². The van der Waals surface area contributed by atoms with Crippen LogP contribution in [0.4, 0.5) is 0 Å². The number of aryl methyl sites for hydroxylation is 1. The Labute approximate surface area is 141 Å². The third-order valence-electron chi connectivity index (χ3n) is 4.70. The van der Waals surface area contributed by atoms with Crippen molar-refractivity contribution in [2.45, 2.75) is 26.7 Å². The van der Waals surface area contributed by atoms with E-state index in [1.165, 1.54) is 5.56 Å². The van der Waals surface area contributed by atoms with Gasteiger partial charge in [-0.1, -0.05) is 17.7 Å². The van der Waals surface area contributed by atoms with Crippen molar-refractivity contribution in [3.63, 3.8) is 0 Å². The molecule has 0 saturated carbocycles. The van der Waals surface area contributed by atoms with Gasteiger partial charge >= 0.3 is 0 Å². The van der Waals surface area contributed by atoms with Gasteiger partial charge in [0.15, 0.2) is 0 Å². The molecule has 2 heterocycles. The van der Waals surface area contributed by atoms with Crippen LogP contribution in [0.15, 0.2) is 30.5 Å². The molecule has 1 saturated heterocycles. The van der Waals surface area contributed by atoms with E-state index in [1.54, 1.807) is 15.8 Å². The number of rotatable bonds is 3. The largest absolute Gasteiger partial charge is 0.369 e. The number of primary amides is 1.